The smallest absolute Gasteiger partial charge is 0.338 e. The van der Waals surface area contributed by atoms with E-state index < -0.39 is 24.4 Å². The quantitative estimate of drug-likeness (QED) is 0.496. The molecule has 9 nitrogen and oxygen atoms in total. The van der Waals surface area contributed by atoms with E-state index in [2.05, 4.69) is 20.9 Å². The molecule has 2 amide bonds. The van der Waals surface area contributed by atoms with Gasteiger partial charge in [0.2, 0.25) is 0 Å². The molecule has 0 unspecified atom stereocenters. The molecular weight excluding hydrogens is 386 g/mol. The van der Waals surface area contributed by atoms with Gasteiger partial charge in [-0.2, -0.15) is 5.10 Å². The number of esters is 1. The van der Waals surface area contributed by atoms with Gasteiger partial charge in [-0.3, -0.25) is 20.4 Å². The Bertz CT molecular complexity index is 972. The Hall–Kier alpha value is -3.72. The number of carbonyl (C=O) groups excluding carboxylic acids is 3. The van der Waals surface area contributed by atoms with Gasteiger partial charge in [0.25, 0.3) is 11.8 Å². The molecule has 0 radical (unpaired) electrons. The summed E-state index contributed by atoms with van der Waals surface area (Å²) in [5.41, 5.74) is 5.68. The lowest BCUT2D eigenvalue weighted by molar-refractivity contribution is -0.125. The highest BCUT2D eigenvalue weighted by atomic mass is 35.5. The minimum atomic E-state index is -0.685. The van der Waals surface area contributed by atoms with E-state index >= 15 is 0 Å². The molecule has 0 saturated carbocycles. The normalized spacial score (nSPS) is 10.2. The third-order valence-corrected chi connectivity index (χ3v) is 3.79. The van der Waals surface area contributed by atoms with Crippen LogP contribution in [0.2, 0.25) is 5.02 Å². The van der Waals surface area contributed by atoms with E-state index in [1.54, 1.807) is 36.4 Å². The second-order valence-corrected chi connectivity index (χ2v) is 5.91. The minimum absolute atomic E-state index is 0.266. The Balaban J connectivity index is 1.45. The average Bonchev–Trinajstić information content (AvgIpc) is 3.25. The van der Waals surface area contributed by atoms with Gasteiger partial charge in [-0.25, -0.2) is 14.5 Å². The topological polar surface area (TPSA) is 115 Å². The number of ether oxygens (including phenoxy) is 1. The molecule has 0 spiro atoms. The number of aromatic nitrogens is 3. The first kappa shape index (κ1) is 19.1. The monoisotopic (exact) mass is 399 g/mol. The number of hydrogen-bond acceptors (Lipinski definition) is 6. The Morgan fingerprint density at radius 1 is 0.964 bits per heavy atom. The van der Waals surface area contributed by atoms with Gasteiger partial charge in [-0.05, 0) is 48.5 Å². The number of nitrogens with one attached hydrogen (secondary N) is 2. The first-order valence-corrected chi connectivity index (χ1v) is 8.37. The number of hydrogen-bond donors (Lipinski definition) is 2. The average molecular weight is 400 g/mol. The number of hydrazine groups is 1. The predicted octanol–water partition coefficient (Wildman–Crippen LogP) is 1.54. The van der Waals surface area contributed by atoms with Crippen LogP contribution in [0.1, 0.15) is 20.7 Å². The summed E-state index contributed by atoms with van der Waals surface area (Å²) in [6, 6.07) is 12.5. The third-order valence-electron chi connectivity index (χ3n) is 3.54. The van der Waals surface area contributed by atoms with Gasteiger partial charge in [0.05, 0.1) is 11.3 Å². The van der Waals surface area contributed by atoms with E-state index in [0.717, 1.165) is 5.69 Å². The van der Waals surface area contributed by atoms with Crippen LogP contribution in [0.4, 0.5) is 0 Å². The summed E-state index contributed by atoms with van der Waals surface area (Å²) in [4.78, 5) is 39.4. The van der Waals surface area contributed by atoms with Crippen LogP contribution in [0.15, 0.2) is 61.2 Å². The SMILES string of the molecule is O=C(COC(=O)c1ccc(-n2cncn2)cc1)NNC(=O)c1ccc(Cl)cc1. The van der Waals surface area contributed by atoms with Gasteiger partial charge in [0.1, 0.15) is 12.7 Å². The third kappa shape index (κ3) is 4.92. The highest BCUT2D eigenvalue weighted by Crippen LogP contribution is 2.10. The van der Waals surface area contributed by atoms with Crippen LogP contribution in [-0.4, -0.2) is 39.2 Å². The molecule has 2 N–H and O–H groups in total. The minimum Gasteiger partial charge on any atom is -0.452 e. The fourth-order valence-electron chi connectivity index (χ4n) is 2.14. The van der Waals surface area contributed by atoms with Gasteiger partial charge in [-0.1, -0.05) is 11.6 Å². The second kappa shape index (κ2) is 8.78. The summed E-state index contributed by atoms with van der Waals surface area (Å²) in [7, 11) is 0. The van der Waals surface area contributed by atoms with Crippen molar-refractivity contribution in [2.24, 2.45) is 0 Å². The fourth-order valence-corrected chi connectivity index (χ4v) is 2.27. The van der Waals surface area contributed by atoms with E-state index in [4.69, 9.17) is 16.3 Å². The molecule has 2 aromatic carbocycles. The van der Waals surface area contributed by atoms with Gasteiger partial charge in [0, 0.05) is 10.6 Å². The number of amides is 2. The first-order valence-electron chi connectivity index (χ1n) is 8.00. The van der Waals surface area contributed by atoms with Crippen LogP contribution < -0.4 is 10.9 Å². The van der Waals surface area contributed by atoms with Gasteiger partial charge in [0.15, 0.2) is 6.61 Å². The molecule has 0 aliphatic carbocycles. The zero-order chi connectivity index (χ0) is 19.9. The molecule has 1 heterocycles. The number of benzene rings is 2. The number of nitrogens with zero attached hydrogens (tertiary/aromatic N) is 3. The van der Waals surface area contributed by atoms with Crippen molar-refractivity contribution in [2.75, 3.05) is 6.61 Å². The number of rotatable bonds is 5. The number of carbonyl (C=O) groups is 3. The Morgan fingerprint density at radius 3 is 2.29 bits per heavy atom. The van der Waals surface area contributed by atoms with Crippen LogP contribution in [0.5, 0.6) is 0 Å². The molecule has 10 heteroatoms. The molecule has 3 aromatic rings. The molecular formula is C18H14ClN5O4. The highest BCUT2D eigenvalue weighted by molar-refractivity contribution is 6.30. The predicted molar refractivity (Wildman–Crippen MR) is 98.7 cm³/mol. The summed E-state index contributed by atoms with van der Waals surface area (Å²) in [5.74, 6) is -1.89. The Labute approximate surface area is 164 Å². The van der Waals surface area contributed by atoms with Gasteiger partial charge in [-0.15, -0.1) is 0 Å². The van der Waals surface area contributed by atoms with Crippen LogP contribution in [-0.2, 0) is 9.53 Å². The summed E-state index contributed by atoms with van der Waals surface area (Å²) in [6.45, 7) is -0.551. The Kier molecular flexibility index (Phi) is 5.97. The van der Waals surface area contributed by atoms with Crippen molar-refractivity contribution in [3.8, 4) is 5.69 Å². The second-order valence-electron chi connectivity index (χ2n) is 5.47. The van der Waals surface area contributed by atoms with Crippen molar-refractivity contribution in [3.05, 3.63) is 77.3 Å². The molecule has 0 fully saturated rings. The van der Waals surface area contributed by atoms with E-state index in [-0.39, 0.29) is 5.56 Å². The van der Waals surface area contributed by atoms with Crippen molar-refractivity contribution in [2.45, 2.75) is 0 Å². The van der Waals surface area contributed by atoms with Gasteiger partial charge < -0.3 is 4.74 Å². The van der Waals surface area contributed by atoms with E-state index in [9.17, 15) is 14.4 Å². The number of halogens is 1. The molecule has 142 valence electrons. The van der Waals surface area contributed by atoms with Crippen LogP contribution in [0.25, 0.3) is 5.69 Å². The van der Waals surface area contributed by atoms with Crippen molar-refractivity contribution in [3.63, 3.8) is 0 Å². The van der Waals surface area contributed by atoms with Crippen molar-refractivity contribution < 1.29 is 19.1 Å². The van der Waals surface area contributed by atoms with Gasteiger partial charge >= 0.3 is 5.97 Å². The first-order chi connectivity index (χ1) is 13.5. The van der Waals surface area contributed by atoms with Crippen LogP contribution in [0.3, 0.4) is 0 Å². The van der Waals surface area contributed by atoms with Crippen molar-refractivity contribution >= 4 is 29.4 Å². The summed E-state index contributed by atoms with van der Waals surface area (Å²) >= 11 is 5.74. The maximum absolute atomic E-state index is 12.0. The maximum Gasteiger partial charge on any atom is 0.338 e. The lowest BCUT2D eigenvalue weighted by Crippen LogP contribution is -2.43. The van der Waals surface area contributed by atoms with Crippen molar-refractivity contribution in [1.82, 2.24) is 25.6 Å². The molecule has 0 aliphatic heterocycles. The summed E-state index contributed by atoms with van der Waals surface area (Å²) < 4.78 is 6.45. The zero-order valence-corrected chi connectivity index (χ0v) is 15.1. The van der Waals surface area contributed by atoms with E-state index in [0.29, 0.717) is 10.6 Å². The highest BCUT2D eigenvalue weighted by Gasteiger charge is 2.12. The largest absolute Gasteiger partial charge is 0.452 e. The lowest BCUT2D eigenvalue weighted by atomic mass is 10.2. The summed E-state index contributed by atoms with van der Waals surface area (Å²) in [5, 5.41) is 4.46. The molecule has 3 rings (SSSR count). The fraction of sp³-hybridized carbons (Fsp3) is 0.0556. The molecule has 0 aliphatic rings. The lowest BCUT2D eigenvalue weighted by Gasteiger charge is -2.08. The molecule has 0 bridgehead atoms. The van der Waals surface area contributed by atoms with Crippen LogP contribution >= 0.6 is 11.6 Å². The zero-order valence-electron chi connectivity index (χ0n) is 14.3. The Morgan fingerprint density at radius 2 is 1.64 bits per heavy atom. The molecule has 1 aromatic heterocycles. The molecule has 0 saturated heterocycles. The van der Waals surface area contributed by atoms with Crippen molar-refractivity contribution in [1.29, 1.82) is 0 Å². The maximum atomic E-state index is 12.0. The van der Waals surface area contributed by atoms with E-state index in [1.165, 1.54) is 29.5 Å². The summed E-state index contributed by atoms with van der Waals surface area (Å²) in [6.07, 6.45) is 2.92. The van der Waals surface area contributed by atoms with Crippen LogP contribution in [0, 0.1) is 0 Å². The molecule has 0 atom stereocenters. The molecule has 28 heavy (non-hydrogen) atoms. The van der Waals surface area contributed by atoms with E-state index in [1.807, 2.05) is 0 Å². The standard InChI is InChI=1S/C18H14ClN5O4/c19-14-5-1-12(2-6-14)17(26)23-22-16(25)9-28-18(27)13-3-7-15(8-4-13)24-11-20-10-21-24/h1-8,10-11H,9H2,(H,22,25)(H,23,26).